The standard InChI is InChI=1S/C12H17FO2/c1-9-8-10(5-6-11(9)13)12(15)4-2-3-7-14/h5-6,8,12,14-15H,2-4,7H2,1H3. The number of unbranched alkanes of at least 4 members (excludes halogenated alkanes) is 1. The molecule has 2 nitrogen and oxygen atoms in total. The van der Waals surface area contributed by atoms with Gasteiger partial charge in [-0.05, 0) is 43.4 Å². The Morgan fingerprint density at radius 2 is 2.07 bits per heavy atom. The van der Waals surface area contributed by atoms with E-state index in [2.05, 4.69) is 0 Å². The highest BCUT2D eigenvalue weighted by atomic mass is 19.1. The largest absolute Gasteiger partial charge is 0.396 e. The average molecular weight is 212 g/mol. The van der Waals surface area contributed by atoms with Gasteiger partial charge >= 0.3 is 0 Å². The van der Waals surface area contributed by atoms with Gasteiger partial charge < -0.3 is 10.2 Å². The minimum atomic E-state index is -0.559. The maximum absolute atomic E-state index is 13.0. The van der Waals surface area contributed by atoms with E-state index in [0.29, 0.717) is 18.4 Å². The third-order valence-corrected chi connectivity index (χ3v) is 2.45. The molecule has 84 valence electrons. The third-order valence-electron chi connectivity index (χ3n) is 2.45. The molecule has 1 rings (SSSR count). The molecule has 0 fully saturated rings. The average Bonchev–Trinajstić information content (AvgIpc) is 2.22. The fourth-order valence-electron chi connectivity index (χ4n) is 1.49. The first kappa shape index (κ1) is 12.1. The van der Waals surface area contributed by atoms with Crippen LogP contribution in [-0.4, -0.2) is 16.8 Å². The van der Waals surface area contributed by atoms with Crippen molar-refractivity contribution in [2.24, 2.45) is 0 Å². The van der Waals surface area contributed by atoms with Crippen LogP contribution in [-0.2, 0) is 0 Å². The summed E-state index contributed by atoms with van der Waals surface area (Å²) < 4.78 is 13.0. The Kier molecular flexibility index (Phi) is 4.72. The smallest absolute Gasteiger partial charge is 0.126 e. The molecule has 1 atom stereocenters. The van der Waals surface area contributed by atoms with Crippen molar-refractivity contribution in [3.8, 4) is 0 Å². The number of aliphatic hydroxyl groups excluding tert-OH is 2. The lowest BCUT2D eigenvalue weighted by Crippen LogP contribution is -1.99. The first-order valence-corrected chi connectivity index (χ1v) is 5.20. The molecule has 1 aromatic carbocycles. The quantitative estimate of drug-likeness (QED) is 0.735. The van der Waals surface area contributed by atoms with Crippen LogP contribution in [0.25, 0.3) is 0 Å². The monoisotopic (exact) mass is 212 g/mol. The highest BCUT2D eigenvalue weighted by Gasteiger charge is 2.08. The normalized spacial score (nSPS) is 12.8. The number of hydrogen-bond donors (Lipinski definition) is 2. The number of aryl methyl sites for hydroxylation is 1. The van der Waals surface area contributed by atoms with E-state index in [9.17, 15) is 9.50 Å². The van der Waals surface area contributed by atoms with Crippen LogP contribution in [0.3, 0.4) is 0 Å². The topological polar surface area (TPSA) is 40.5 Å². The second-order valence-corrected chi connectivity index (χ2v) is 3.74. The Balaban J connectivity index is 2.57. The van der Waals surface area contributed by atoms with Gasteiger partial charge in [0, 0.05) is 6.61 Å². The second-order valence-electron chi connectivity index (χ2n) is 3.74. The Hall–Kier alpha value is -0.930. The summed E-state index contributed by atoms with van der Waals surface area (Å²) in [4.78, 5) is 0. The molecule has 0 amide bonds. The molecule has 0 aromatic heterocycles. The Morgan fingerprint density at radius 3 is 2.67 bits per heavy atom. The van der Waals surface area contributed by atoms with E-state index in [0.717, 1.165) is 12.0 Å². The Bertz CT molecular complexity index is 312. The molecule has 0 aliphatic carbocycles. The van der Waals surface area contributed by atoms with E-state index in [-0.39, 0.29) is 12.4 Å². The van der Waals surface area contributed by atoms with Gasteiger partial charge in [-0.3, -0.25) is 0 Å². The van der Waals surface area contributed by atoms with Crippen LogP contribution in [0.15, 0.2) is 18.2 Å². The van der Waals surface area contributed by atoms with Crippen LogP contribution in [0.5, 0.6) is 0 Å². The lowest BCUT2D eigenvalue weighted by molar-refractivity contribution is 0.159. The molecule has 1 aromatic rings. The zero-order valence-corrected chi connectivity index (χ0v) is 8.91. The first-order chi connectivity index (χ1) is 7.15. The number of benzene rings is 1. The Morgan fingerprint density at radius 1 is 1.33 bits per heavy atom. The van der Waals surface area contributed by atoms with E-state index in [1.54, 1.807) is 19.1 Å². The van der Waals surface area contributed by atoms with Crippen LogP contribution in [0.2, 0.25) is 0 Å². The molecular formula is C12H17FO2. The zero-order chi connectivity index (χ0) is 11.3. The van der Waals surface area contributed by atoms with E-state index >= 15 is 0 Å². The van der Waals surface area contributed by atoms with Crippen molar-refractivity contribution < 1.29 is 14.6 Å². The van der Waals surface area contributed by atoms with Crippen LogP contribution >= 0.6 is 0 Å². The van der Waals surface area contributed by atoms with Crippen LogP contribution in [0.1, 0.15) is 36.5 Å². The van der Waals surface area contributed by atoms with E-state index < -0.39 is 6.10 Å². The maximum atomic E-state index is 13.0. The van der Waals surface area contributed by atoms with Gasteiger partial charge in [-0.1, -0.05) is 12.1 Å². The fourth-order valence-corrected chi connectivity index (χ4v) is 1.49. The molecule has 2 N–H and O–H groups in total. The van der Waals surface area contributed by atoms with Gasteiger partial charge in [-0.25, -0.2) is 4.39 Å². The van der Waals surface area contributed by atoms with Crippen molar-refractivity contribution in [2.45, 2.75) is 32.3 Å². The molecular weight excluding hydrogens is 195 g/mol. The van der Waals surface area contributed by atoms with Crippen molar-refractivity contribution in [2.75, 3.05) is 6.61 Å². The lowest BCUT2D eigenvalue weighted by Gasteiger charge is -2.11. The van der Waals surface area contributed by atoms with Crippen LogP contribution in [0, 0.1) is 12.7 Å². The maximum Gasteiger partial charge on any atom is 0.126 e. The molecule has 0 aliphatic rings. The number of hydrogen-bond acceptors (Lipinski definition) is 2. The summed E-state index contributed by atoms with van der Waals surface area (Å²) in [6, 6.07) is 4.64. The molecule has 0 radical (unpaired) electrons. The van der Waals surface area contributed by atoms with Crippen molar-refractivity contribution in [1.29, 1.82) is 0 Å². The predicted molar refractivity (Wildman–Crippen MR) is 57.0 cm³/mol. The molecule has 15 heavy (non-hydrogen) atoms. The molecule has 0 saturated carbocycles. The molecule has 0 aliphatic heterocycles. The molecule has 1 unspecified atom stereocenters. The van der Waals surface area contributed by atoms with Gasteiger partial charge in [-0.15, -0.1) is 0 Å². The van der Waals surface area contributed by atoms with Gasteiger partial charge in [0.1, 0.15) is 5.82 Å². The minimum absolute atomic E-state index is 0.148. The summed E-state index contributed by atoms with van der Waals surface area (Å²) in [6.45, 7) is 1.83. The summed E-state index contributed by atoms with van der Waals surface area (Å²) >= 11 is 0. The Labute approximate surface area is 89.4 Å². The van der Waals surface area contributed by atoms with Gasteiger partial charge in [0.05, 0.1) is 6.10 Å². The van der Waals surface area contributed by atoms with Crippen molar-refractivity contribution in [3.05, 3.63) is 35.1 Å². The molecule has 0 bridgehead atoms. The van der Waals surface area contributed by atoms with Crippen LogP contribution in [0.4, 0.5) is 4.39 Å². The highest BCUT2D eigenvalue weighted by molar-refractivity contribution is 5.25. The second kappa shape index (κ2) is 5.83. The number of aliphatic hydroxyl groups is 2. The summed E-state index contributed by atoms with van der Waals surface area (Å²) in [7, 11) is 0. The third kappa shape index (κ3) is 3.61. The minimum Gasteiger partial charge on any atom is -0.396 e. The SMILES string of the molecule is Cc1cc(C(O)CCCCO)ccc1F. The zero-order valence-electron chi connectivity index (χ0n) is 8.91. The van der Waals surface area contributed by atoms with Crippen LogP contribution < -0.4 is 0 Å². The predicted octanol–water partition coefficient (Wildman–Crippen LogP) is 2.33. The van der Waals surface area contributed by atoms with Gasteiger partial charge in [-0.2, -0.15) is 0 Å². The van der Waals surface area contributed by atoms with Gasteiger partial charge in [0.2, 0.25) is 0 Å². The fraction of sp³-hybridized carbons (Fsp3) is 0.500. The van der Waals surface area contributed by atoms with E-state index in [1.807, 2.05) is 0 Å². The summed E-state index contributed by atoms with van der Waals surface area (Å²) in [5, 5.41) is 18.4. The molecule has 0 heterocycles. The summed E-state index contributed by atoms with van der Waals surface area (Å²) in [6.07, 6.45) is 1.51. The van der Waals surface area contributed by atoms with Crippen molar-refractivity contribution in [1.82, 2.24) is 0 Å². The van der Waals surface area contributed by atoms with Crippen molar-refractivity contribution >= 4 is 0 Å². The molecule has 0 spiro atoms. The molecule has 3 heteroatoms. The number of rotatable bonds is 5. The first-order valence-electron chi connectivity index (χ1n) is 5.20. The molecule has 0 saturated heterocycles. The summed E-state index contributed by atoms with van der Waals surface area (Å²) in [5.74, 6) is -0.249. The highest BCUT2D eigenvalue weighted by Crippen LogP contribution is 2.21. The lowest BCUT2D eigenvalue weighted by atomic mass is 10.0. The summed E-state index contributed by atoms with van der Waals surface area (Å²) in [5.41, 5.74) is 1.29. The van der Waals surface area contributed by atoms with E-state index in [1.165, 1.54) is 6.07 Å². The van der Waals surface area contributed by atoms with Gasteiger partial charge in [0.15, 0.2) is 0 Å². The van der Waals surface area contributed by atoms with Gasteiger partial charge in [0.25, 0.3) is 0 Å². The number of halogens is 1. The van der Waals surface area contributed by atoms with E-state index in [4.69, 9.17) is 5.11 Å². The van der Waals surface area contributed by atoms with Crippen molar-refractivity contribution in [3.63, 3.8) is 0 Å².